The third-order valence-electron chi connectivity index (χ3n) is 6.14. The molecule has 0 atom stereocenters. The summed E-state index contributed by atoms with van der Waals surface area (Å²) in [5, 5.41) is 5.13. The number of H-pyrrole nitrogens is 1. The number of nitrogens with one attached hydrogen (secondary N) is 1. The number of amides is 1. The Morgan fingerprint density at radius 1 is 1.21 bits per heavy atom. The minimum Gasteiger partial charge on any atom is -0.383 e. The third kappa shape index (κ3) is 4.32. The first-order valence-corrected chi connectivity index (χ1v) is 11.3. The lowest BCUT2D eigenvalue weighted by molar-refractivity contribution is -0.129. The van der Waals surface area contributed by atoms with Gasteiger partial charge in [0.1, 0.15) is 23.7 Å². The maximum atomic E-state index is 13.0. The fourth-order valence-electron chi connectivity index (χ4n) is 4.24. The van der Waals surface area contributed by atoms with Crippen LogP contribution in [-0.4, -0.2) is 79.9 Å². The van der Waals surface area contributed by atoms with Crippen LogP contribution in [0.25, 0.3) is 11.0 Å². The number of aromatic amines is 1. The van der Waals surface area contributed by atoms with Gasteiger partial charge in [0.2, 0.25) is 5.91 Å². The highest BCUT2D eigenvalue weighted by Crippen LogP contribution is 2.23. The number of unbranched alkanes of at least 4 members (excludes halogenated alkanes) is 1. The van der Waals surface area contributed by atoms with Crippen LogP contribution in [-0.2, 0) is 18.4 Å². The molecule has 0 bridgehead atoms. The van der Waals surface area contributed by atoms with Gasteiger partial charge in [0.15, 0.2) is 5.65 Å². The van der Waals surface area contributed by atoms with E-state index in [9.17, 15) is 14.4 Å². The normalized spacial score (nSPS) is 14.1. The van der Waals surface area contributed by atoms with Gasteiger partial charge in [-0.1, -0.05) is 13.3 Å². The molecule has 4 heterocycles. The molecule has 13 heteroatoms. The van der Waals surface area contributed by atoms with E-state index in [1.54, 1.807) is 22.8 Å². The number of rotatable bonds is 7. The minimum absolute atomic E-state index is 0.0282. The smallest absolute Gasteiger partial charge is 0.330 e. The van der Waals surface area contributed by atoms with E-state index in [0.29, 0.717) is 32.7 Å². The van der Waals surface area contributed by atoms with E-state index in [1.165, 1.54) is 15.8 Å². The predicted molar refractivity (Wildman–Crippen MR) is 129 cm³/mol. The second kappa shape index (κ2) is 9.53. The van der Waals surface area contributed by atoms with Crippen molar-refractivity contribution in [1.29, 1.82) is 0 Å². The van der Waals surface area contributed by atoms with Crippen molar-refractivity contribution in [3.8, 4) is 0 Å². The lowest BCUT2D eigenvalue weighted by Crippen LogP contribution is -2.51. The lowest BCUT2D eigenvalue weighted by atomic mass is 10.2. The van der Waals surface area contributed by atoms with Gasteiger partial charge in [-0.25, -0.2) is 14.8 Å². The van der Waals surface area contributed by atoms with Gasteiger partial charge in [-0.2, -0.15) is 5.10 Å². The number of nitrogens with zero attached hydrogens (tertiary/aromatic N) is 8. The van der Waals surface area contributed by atoms with Crippen molar-refractivity contribution in [2.45, 2.75) is 26.3 Å². The molecule has 0 aromatic carbocycles. The number of anilines is 3. The topological polar surface area (TPSA) is 151 Å². The van der Waals surface area contributed by atoms with Gasteiger partial charge in [-0.15, -0.1) is 0 Å². The Hall–Kier alpha value is -3.90. The number of hydrogen-bond donors (Lipinski definition) is 2. The number of hydrogen-bond acceptors (Lipinski definition) is 9. The number of piperazine rings is 1. The van der Waals surface area contributed by atoms with Gasteiger partial charge in [-0.3, -0.25) is 23.8 Å². The number of fused-ring (bicyclic) bond motifs is 1. The van der Waals surface area contributed by atoms with Crippen molar-refractivity contribution >= 4 is 34.3 Å². The maximum Gasteiger partial charge on any atom is 0.330 e. The summed E-state index contributed by atoms with van der Waals surface area (Å²) >= 11 is 0. The second-order valence-corrected chi connectivity index (χ2v) is 8.42. The molecule has 3 aromatic rings. The van der Waals surface area contributed by atoms with Gasteiger partial charge >= 0.3 is 5.69 Å². The van der Waals surface area contributed by atoms with E-state index < -0.39 is 11.2 Å². The molecular weight excluding hydrogens is 440 g/mol. The summed E-state index contributed by atoms with van der Waals surface area (Å²) in [7, 11) is 3.46. The summed E-state index contributed by atoms with van der Waals surface area (Å²) in [6.45, 7) is 4.63. The summed E-state index contributed by atoms with van der Waals surface area (Å²) in [5.74, 6) is 0.754. The number of nitrogen functional groups attached to an aromatic ring is 1. The molecule has 1 aliphatic rings. The van der Waals surface area contributed by atoms with Gasteiger partial charge in [0.05, 0.1) is 18.1 Å². The number of aromatic nitrogens is 6. The zero-order valence-electron chi connectivity index (χ0n) is 19.7. The average Bonchev–Trinajstić information content (AvgIpc) is 3.20. The summed E-state index contributed by atoms with van der Waals surface area (Å²) in [6.07, 6.45) is 4.90. The van der Waals surface area contributed by atoms with Crippen LogP contribution < -0.4 is 26.8 Å². The Bertz CT molecular complexity index is 1300. The van der Waals surface area contributed by atoms with Crippen molar-refractivity contribution in [1.82, 2.24) is 34.2 Å². The molecule has 1 saturated heterocycles. The molecule has 13 nitrogen and oxygen atoms in total. The molecule has 3 aromatic heterocycles. The van der Waals surface area contributed by atoms with Crippen molar-refractivity contribution in [3.63, 3.8) is 0 Å². The van der Waals surface area contributed by atoms with E-state index >= 15 is 0 Å². The van der Waals surface area contributed by atoms with Crippen LogP contribution in [0.1, 0.15) is 19.8 Å². The first-order valence-electron chi connectivity index (χ1n) is 11.3. The molecule has 1 amide bonds. The van der Waals surface area contributed by atoms with E-state index in [2.05, 4.69) is 25.0 Å². The molecule has 0 aliphatic carbocycles. The van der Waals surface area contributed by atoms with Crippen molar-refractivity contribution < 1.29 is 4.79 Å². The number of nitrogens with two attached hydrogens (primary N) is 1. The Labute approximate surface area is 195 Å². The first-order chi connectivity index (χ1) is 16.3. The fourth-order valence-corrected chi connectivity index (χ4v) is 4.24. The van der Waals surface area contributed by atoms with E-state index in [4.69, 9.17) is 5.73 Å². The largest absolute Gasteiger partial charge is 0.383 e. The van der Waals surface area contributed by atoms with Gasteiger partial charge in [0, 0.05) is 46.8 Å². The van der Waals surface area contributed by atoms with E-state index in [1.807, 2.05) is 14.0 Å². The van der Waals surface area contributed by atoms with Crippen LogP contribution >= 0.6 is 0 Å². The molecule has 1 fully saturated rings. The zero-order chi connectivity index (χ0) is 24.4. The predicted octanol–water partition coefficient (Wildman–Crippen LogP) is -0.619. The summed E-state index contributed by atoms with van der Waals surface area (Å²) in [5.41, 5.74) is 5.91. The molecule has 34 heavy (non-hydrogen) atoms. The monoisotopic (exact) mass is 470 g/mol. The molecule has 3 N–H and O–H groups in total. The highest BCUT2D eigenvalue weighted by molar-refractivity contribution is 5.87. The van der Waals surface area contributed by atoms with Crippen molar-refractivity contribution in [3.05, 3.63) is 33.4 Å². The standard InChI is InChI=1S/C21H30N10O3/c1-4-5-6-31-17(22)16(20(33)26-21(31)34)27(2)12-15(32)29-7-9-30(10-8-29)19-14-11-25-28(3)18(14)23-13-24-19/h11,13H,4-10,12,22H2,1-3H3,(H,26,33,34). The maximum absolute atomic E-state index is 13.0. The Morgan fingerprint density at radius 2 is 1.94 bits per heavy atom. The lowest BCUT2D eigenvalue weighted by Gasteiger charge is -2.36. The number of likely N-dealkylation sites (N-methyl/N-ethyl adjacent to an activating group) is 1. The molecule has 0 unspecified atom stereocenters. The van der Waals surface area contributed by atoms with Gasteiger partial charge < -0.3 is 20.4 Å². The molecule has 4 rings (SSSR count). The molecule has 182 valence electrons. The summed E-state index contributed by atoms with van der Waals surface area (Å²) in [4.78, 5) is 54.0. The Kier molecular flexibility index (Phi) is 6.52. The van der Waals surface area contributed by atoms with Crippen LogP contribution in [0.15, 0.2) is 22.1 Å². The van der Waals surface area contributed by atoms with Crippen LogP contribution in [0.3, 0.4) is 0 Å². The highest BCUT2D eigenvalue weighted by atomic mass is 16.2. The van der Waals surface area contributed by atoms with E-state index in [-0.39, 0.29) is 24.0 Å². The van der Waals surface area contributed by atoms with Crippen molar-refractivity contribution in [2.24, 2.45) is 7.05 Å². The summed E-state index contributed by atoms with van der Waals surface area (Å²) in [6, 6.07) is 0. The Morgan fingerprint density at radius 3 is 2.65 bits per heavy atom. The molecule has 0 saturated carbocycles. The molecular formula is C21H30N10O3. The van der Waals surface area contributed by atoms with Crippen LogP contribution in [0, 0.1) is 0 Å². The van der Waals surface area contributed by atoms with Gasteiger partial charge in [-0.05, 0) is 6.42 Å². The van der Waals surface area contributed by atoms with Crippen LogP contribution in [0.2, 0.25) is 0 Å². The highest BCUT2D eigenvalue weighted by Gasteiger charge is 2.26. The fraction of sp³-hybridized carbons (Fsp3) is 0.524. The quantitative estimate of drug-likeness (QED) is 0.460. The Balaban J connectivity index is 1.43. The van der Waals surface area contributed by atoms with Crippen LogP contribution in [0.5, 0.6) is 0 Å². The second-order valence-electron chi connectivity index (χ2n) is 8.42. The van der Waals surface area contributed by atoms with Crippen molar-refractivity contribution in [2.75, 3.05) is 55.3 Å². The number of carbonyl (C=O) groups excluding carboxylic acids is 1. The molecule has 1 aliphatic heterocycles. The number of aryl methyl sites for hydroxylation is 1. The third-order valence-corrected chi connectivity index (χ3v) is 6.14. The summed E-state index contributed by atoms with van der Waals surface area (Å²) < 4.78 is 3.05. The average molecular weight is 471 g/mol. The minimum atomic E-state index is -0.598. The first kappa shape index (κ1) is 23.3. The van der Waals surface area contributed by atoms with Gasteiger partial charge in [0.25, 0.3) is 5.56 Å². The number of carbonyl (C=O) groups is 1. The SMILES string of the molecule is CCCCn1c(N)c(N(C)CC(=O)N2CCN(c3ncnc4c3cnn4C)CC2)c(=O)[nH]c1=O. The van der Waals surface area contributed by atoms with E-state index in [0.717, 1.165) is 29.7 Å². The van der Waals surface area contributed by atoms with Crippen LogP contribution in [0.4, 0.5) is 17.3 Å². The zero-order valence-corrected chi connectivity index (χ0v) is 19.7. The molecule has 0 spiro atoms. The molecule has 0 radical (unpaired) electrons.